The summed E-state index contributed by atoms with van der Waals surface area (Å²) in [4.78, 5) is 14.2. The van der Waals surface area contributed by atoms with Crippen molar-refractivity contribution in [1.82, 2.24) is 0 Å². The minimum atomic E-state index is -0.136. The molecule has 3 heteroatoms. The maximum atomic E-state index is 12.7. The molecule has 0 aliphatic carbocycles. The number of esters is 1. The summed E-state index contributed by atoms with van der Waals surface area (Å²) in [6.07, 6.45) is 3.06. The number of hydrogen-bond acceptors (Lipinski definition) is 2. The molecule has 21 heavy (non-hydrogen) atoms. The second-order valence-electron chi connectivity index (χ2n) is 6.37. The molecule has 3 nitrogen and oxygen atoms in total. The third kappa shape index (κ3) is 4.31. The van der Waals surface area contributed by atoms with Crippen molar-refractivity contribution in [1.29, 1.82) is 0 Å². The molecule has 1 aromatic rings. The number of benzene rings is 1. The highest BCUT2D eigenvalue weighted by molar-refractivity contribution is 5.78. The average Bonchev–Trinajstić information content (AvgIpc) is 2.50. The van der Waals surface area contributed by atoms with Crippen LogP contribution in [-0.2, 0) is 9.53 Å². The molecule has 0 amide bonds. The van der Waals surface area contributed by atoms with Crippen LogP contribution in [0.3, 0.4) is 0 Å². The number of carbonyl (C=O) groups is 1. The highest BCUT2D eigenvalue weighted by Crippen LogP contribution is 2.29. The van der Waals surface area contributed by atoms with Crippen LogP contribution < -0.4 is 4.90 Å². The van der Waals surface area contributed by atoms with Gasteiger partial charge in [-0.25, -0.2) is 0 Å². The zero-order chi connectivity index (χ0) is 15.2. The molecule has 1 aliphatic rings. The lowest BCUT2D eigenvalue weighted by Gasteiger charge is -2.29. The summed E-state index contributed by atoms with van der Waals surface area (Å²) in [6.45, 7) is 6.46. The molecule has 0 radical (unpaired) electrons. The van der Waals surface area contributed by atoms with Crippen molar-refractivity contribution in [3.63, 3.8) is 0 Å². The van der Waals surface area contributed by atoms with E-state index in [2.05, 4.69) is 20.9 Å². The smallest absolute Gasteiger partial charge is 0.313 e. The van der Waals surface area contributed by atoms with Crippen LogP contribution in [0.25, 0.3) is 0 Å². The lowest BCUT2D eigenvalue weighted by Crippen LogP contribution is -3.10. The van der Waals surface area contributed by atoms with Crippen LogP contribution in [0.5, 0.6) is 0 Å². The van der Waals surface area contributed by atoms with E-state index in [-0.39, 0.29) is 18.0 Å². The van der Waals surface area contributed by atoms with Crippen molar-refractivity contribution in [3.05, 3.63) is 35.9 Å². The molecule has 0 spiro atoms. The molecular weight excluding hydrogens is 262 g/mol. The third-order valence-electron chi connectivity index (χ3n) is 4.69. The molecule has 1 aliphatic heterocycles. The molecule has 1 heterocycles. The summed E-state index contributed by atoms with van der Waals surface area (Å²) in [5, 5.41) is 0. The second-order valence-corrected chi connectivity index (χ2v) is 6.37. The second kappa shape index (κ2) is 7.60. The molecule has 1 saturated heterocycles. The number of quaternary nitrogens is 1. The predicted octanol–water partition coefficient (Wildman–Crippen LogP) is 2.04. The Morgan fingerprint density at radius 2 is 1.90 bits per heavy atom. The standard InChI is InChI=1S/C18H27NO2/c1-4-14(2)17(15-8-6-5-7-9-15)18(20)21-16-10-12-19(3)13-11-16/h5-9,14,16-17H,4,10-13H2,1-3H3/p+1/t14-,17+/m0/s1. The summed E-state index contributed by atoms with van der Waals surface area (Å²) >= 11 is 0. The summed E-state index contributed by atoms with van der Waals surface area (Å²) in [5.74, 6) is 0.125. The van der Waals surface area contributed by atoms with Gasteiger partial charge in [0.15, 0.2) is 0 Å². The van der Waals surface area contributed by atoms with Gasteiger partial charge in [0.1, 0.15) is 6.10 Å². The van der Waals surface area contributed by atoms with Gasteiger partial charge >= 0.3 is 5.97 Å². The largest absolute Gasteiger partial charge is 0.461 e. The van der Waals surface area contributed by atoms with Crippen molar-refractivity contribution in [2.24, 2.45) is 5.92 Å². The van der Waals surface area contributed by atoms with Gasteiger partial charge in [0.05, 0.1) is 26.1 Å². The Morgan fingerprint density at radius 3 is 2.48 bits per heavy atom. The van der Waals surface area contributed by atoms with Crippen molar-refractivity contribution in [3.8, 4) is 0 Å². The van der Waals surface area contributed by atoms with Crippen LogP contribution in [0.4, 0.5) is 0 Å². The van der Waals surface area contributed by atoms with E-state index in [4.69, 9.17) is 4.74 Å². The molecule has 1 aromatic carbocycles. The molecular formula is C18H28NO2+. The van der Waals surface area contributed by atoms with Gasteiger partial charge in [-0.15, -0.1) is 0 Å². The predicted molar refractivity (Wildman–Crippen MR) is 84.4 cm³/mol. The minimum Gasteiger partial charge on any atom is -0.461 e. The number of nitrogens with one attached hydrogen (secondary N) is 1. The monoisotopic (exact) mass is 290 g/mol. The lowest BCUT2D eigenvalue weighted by atomic mass is 9.85. The molecule has 2 atom stereocenters. The Labute approximate surface area is 128 Å². The number of carbonyl (C=O) groups excluding carboxylic acids is 1. The first kappa shape index (κ1) is 16.0. The van der Waals surface area contributed by atoms with Crippen molar-refractivity contribution in [2.75, 3.05) is 20.1 Å². The maximum absolute atomic E-state index is 12.7. The topological polar surface area (TPSA) is 30.7 Å². The van der Waals surface area contributed by atoms with Gasteiger partial charge in [0.25, 0.3) is 0 Å². The van der Waals surface area contributed by atoms with Crippen LogP contribution in [0.15, 0.2) is 30.3 Å². The number of piperidine rings is 1. The van der Waals surface area contributed by atoms with Gasteiger partial charge in [-0.05, 0) is 11.5 Å². The van der Waals surface area contributed by atoms with Gasteiger partial charge in [-0.3, -0.25) is 4.79 Å². The first-order chi connectivity index (χ1) is 10.1. The zero-order valence-electron chi connectivity index (χ0n) is 13.5. The molecule has 1 fully saturated rings. The third-order valence-corrected chi connectivity index (χ3v) is 4.69. The first-order valence-electron chi connectivity index (χ1n) is 8.18. The highest BCUT2D eigenvalue weighted by atomic mass is 16.5. The van der Waals surface area contributed by atoms with Gasteiger partial charge in [-0.2, -0.15) is 0 Å². The number of rotatable bonds is 5. The molecule has 0 bridgehead atoms. The van der Waals surface area contributed by atoms with E-state index < -0.39 is 0 Å². The maximum Gasteiger partial charge on any atom is 0.313 e. The Bertz CT molecular complexity index is 438. The van der Waals surface area contributed by atoms with E-state index in [0.29, 0.717) is 5.92 Å². The Balaban J connectivity index is 2.05. The molecule has 0 unspecified atom stereocenters. The minimum absolute atomic E-state index is 0.0416. The van der Waals surface area contributed by atoms with Crippen molar-refractivity contribution in [2.45, 2.75) is 45.1 Å². The Morgan fingerprint density at radius 1 is 1.29 bits per heavy atom. The van der Waals surface area contributed by atoms with Gasteiger partial charge < -0.3 is 9.64 Å². The van der Waals surface area contributed by atoms with Crippen molar-refractivity contribution >= 4 is 5.97 Å². The van der Waals surface area contributed by atoms with E-state index in [1.807, 2.05) is 30.3 Å². The molecule has 0 saturated carbocycles. The fraction of sp³-hybridized carbons (Fsp3) is 0.611. The Kier molecular flexibility index (Phi) is 5.80. The van der Waals surface area contributed by atoms with Crippen LogP contribution in [-0.4, -0.2) is 32.2 Å². The van der Waals surface area contributed by atoms with Crippen LogP contribution in [0, 0.1) is 5.92 Å². The normalized spacial score (nSPS) is 25.1. The lowest BCUT2D eigenvalue weighted by molar-refractivity contribution is -0.885. The van der Waals surface area contributed by atoms with Gasteiger partial charge in [0.2, 0.25) is 0 Å². The van der Waals surface area contributed by atoms with Crippen molar-refractivity contribution < 1.29 is 14.4 Å². The van der Waals surface area contributed by atoms with Gasteiger partial charge in [0, 0.05) is 12.8 Å². The summed E-state index contributed by atoms with van der Waals surface area (Å²) < 4.78 is 5.83. The van der Waals surface area contributed by atoms with Crippen LogP contribution >= 0.6 is 0 Å². The van der Waals surface area contributed by atoms with E-state index in [1.54, 1.807) is 0 Å². The van der Waals surface area contributed by atoms with E-state index in [1.165, 1.54) is 4.90 Å². The highest BCUT2D eigenvalue weighted by Gasteiger charge is 2.30. The fourth-order valence-electron chi connectivity index (χ4n) is 3.03. The van der Waals surface area contributed by atoms with E-state index >= 15 is 0 Å². The Hall–Kier alpha value is -1.35. The quantitative estimate of drug-likeness (QED) is 0.841. The first-order valence-corrected chi connectivity index (χ1v) is 8.18. The zero-order valence-corrected chi connectivity index (χ0v) is 13.5. The number of hydrogen-bond donors (Lipinski definition) is 1. The van der Waals surface area contributed by atoms with Crippen LogP contribution in [0.2, 0.25) is 0 Å². The fourth-order valence-corrected chi connectivity index (χ4v) is 3.03. The summed E-state index contributed by atoms with van der Waals surface area (Å²) in [5.41, 5.74) is 1.08. The molecule has 116 valence electrons. The SMILES string of the molecule is CC[C@H](C)[C@@H](C(=O)OC1CC[NH+](C)CC1)c1ccccc1. The van der Waals surface area contributed by atoms with Crippen LogP contribution in [0.1, 0.15) is 44.6 Å². The average molecular weight is 290 g/mol. The van der Waals surface area contributed by atoms with E-state index in [9.17, 15) is 4.79 Å². The number of likely N-dealkylation sites (tertiary alicyclic amines) is 1. The molecule has 0 aromatic heterocycles. The molecule has 1 N–H and O–H groups in total. The summed E-state index contributed by atoms with van der Waals surface area (Å²) in [6, 6.07) is 10.1. The van der Waals surface area contributed by atoms with E-state index in [0.717, 1.165) is 37.9 Å². The summed E-state index contributed by atoms with van der Waals surface area (Å²) in [7, 11) is 2.20. The number of ether oxygens (including phenoxy) is 1. The molecule has 2 rings (SSSR count). The van der Waals surface area contributed by atoms with Gasteiger partial charge in [-0.1, -0.05) is 50.6 Å².